The third-order valence-electron chi connectivity index (χ3n) is 3.98. The Morgan fingerprint density at radius 2 is 1.97 bits per heavy atom. The molecule has 154 valence electrons. The number of methoxy groups -OCH3 is 1. The number of hydrogen-bond acceptors (Lipinski definition) is 6. The molecular weight excluding hydrogens is 394 g/mol. The van der Waals surface area contributed by atoms with Crippen molar-refractivity contribution in [3.05, 3.63) is 58.1 Å². The maximum absolute atomic E-state index is 12.5. The number of thioether (sulfide) groups is 1. The molecule has 2 amide bonds. The monoisotopic (exact) mass is 417 g/mol. The fraction of sp³-hybridized carbons (Fsp3) is 0.300. The predicted molar refractivity (Wildman–Crippen MR) is 113 cm³/mol. The van der Waals surface area contributed by atoms with Gasteiger partial charge in [0.15, 0.2) is 0 Å². The lowest BCUT2D eigenvalue weighted by atomic mass is 10.2. The molecule has 8 nitrogen and oxygen atoms in total. The molecular formula is C20H23N3O5S. The second-order valence-corrected chi connectivity index (χ2v) is 7.10. The lowest BCUT2D eigenvalue weighted by Gasteiger charge is -2.10. The van der Waals surface area contributed by atoms with Crippen LogP contribution in [0.5, 0.6) is 5.75 Å². The van der Waals surface area contributed by atoms with E-state index >= 15 is 0 Å². The van der Waals surface area contributed by atoms with Crippen molar-refractivity contribution in [1.29, 1.82) is 0 Å². The van der Waals surface area contributed by atoms with Crippen LogP contribution < -0.4 is 15.4 Å². The van der Waals surface area contributed by atoms with E-state index in [4.69, 9.17) is 4.74 Å². The zero-order chi connectivity index (χ0) is 21.2. The number of unbranched alkanes of at least 4 members (excludes halogenated alkanes) is 1. The third-order valence-corrected chi connectivity index (χ3v) is 5.05. The van der Waals surface area contributed by atoms with Crippen molar-refractivity contribution in [1.82, 2.24) is 5.32 Å². The van der Waals surface area contributed by atoms with Crippen LogP contribution in [0.1, 0.15) is 30.1 Å². The molecule has 0 unspecified atom stereocenters. The summed E-state index contributed by atoms with van der Waals surface area (Å²) in [5.74, 6) is -0.129. The van der Waals surface area contributed by atoms with Gasteiger partial charge in [-0.3, -0.25) is 19.7 Å². The van der Waals surface area contributed by atoms with Gasteiger partial charge in [0, 0.05) is 18.2 Å². The standard InChI is InChI=1S/C20H23N3O5S/c1-3-4-11-21-19(24)13-29-18-10-9-14(12-16(18)23(26)27)20(25)22-15-7-5-6-8-17(15)28-2/h5-10,12H,3-4,11,13H2,1-2H3,(H,21,24)(H,22,25). The number of carbonyl (C=O) groups excluding carboxylic acids is 2. The predicted octanol–water partition coefficient (Wildman–Crippen LogP) is 3.86. The first kappa shape index (κ1) is 22.2. The number of hydrogen-bond donors (Lipinski definition) is 2. The van der Waals surface area contributed by atoms with Crippen LogP contribution in [0.3, 0.4) is 0 Å². The number of nitro benzene ring substituents is 1. The second-order valence-electron chi connectivity index (χ2n) is 6.09. The number of ether oxygens (including phenoxy) is 1. The van der Waals surface area contributed by atoms with Crippen LogP contribution in [0.4, 0.5) is 11.4 Å². The molecule has 0 atom stereocenters. The van der Waals surface area contributed by atoms with Crippen LogP contribution in [0.25, 0.3) is 0 Å². The van der Waals surface area contributed by atoms with E-state index in [1.807, 2.05) is 6.92 Å². The number of para-hydroxylation sites is 2. The molecule has 0 bridgehead atoms. The summed E-state index contributed by atoms with van der Waals surface area (Å²) in [6, 6.07) is 11.1. The molecule has 0 aliphatic rings. The Hall–Kier alpha value is -3.07. The average Bonchev–Trinajstić information content (AvgIpc) is 2.72. The second kappa shape index (κ2) is 11.1. The summed E-state index contributed by atoms with van der Waals surface area (Å²) in [4.78, 5) is 35.6. The largest absolute Gasteiger partial charge is 0.495 e. The Morgan fingerprint density at radius 3 is 2.66 bits per heavy atom. The van der Waals surface area contributed by atoms with Gasteiger partial charge in [-0.05, 0) is 30.7 Å². The molecule has 9 heteroatoms. The quantitative estimate of drug-likeness (QED) is 0.263. The number of nitrogens with one attached hydrogen (secondary N) is 2. The van der Waals surface area contributed by atoms with Gasteiger partial charge in [-0.15, -0.1) is 11.8 Å². The summed E-state index contributed by atoms with van der Waals surface area (Å²) in [5.41, 5.74) is 0.383. The van der Waals surface area contributed by atoms with Crippen molar-refractivity contribution in [2.45, 2.75) is 24.7 Å². The smallest absolute Gasteiger partial charge is 0.283 e. The highest BCUT2D eigenvalue weighted by Gasteiger charge is 2.19. The molecule has 0 saturated heterocycles. The average molecular weight is 417 g/mol. The van der Waals surface area contributed by atoms with Crippen LogP contribution in [0.2, 0.25) is 0 Å². The van der Waals surface area contributed by atoms with Crippen molar-refractivity contribution in [2.24, 2.45) is 0 Å². The van der Waals surface area contributed by atoms with E-state index < -0.39 is 10.8 Å². The molecule has 0 fully saturated rings. The van der Waals surface area contributed by atoms with Crippen molar-refractivity contribution in [2.75, 3.05) is 24.7 Å². The van der Waals surface area contributed by atoms with E-state index in [0.29, 0.717) is 22.9 Å². The summed E-state index contributed by atoms with van der Waals surface area (Å²) < 4.78 is 5.19. The maximum Gasteiger partial charge on any atom is 0.283 e. The zero-order valence-corrected chi connectivity index (χ0v) is 17.1. The van der Waals surface area contributed by atoms with Crippen LogP contribution in [-0.4, -0.2) is 36.1 Å². The normalized spacial score (nSPS) is 10.3. The molecule has 2 N–H and O–H groups in total. The van der Waals surface area contributed by atoms with Gasteiger partial charge in [0.25, 0.3) is 11.6 Å². The summed E-state index contributed by atoms with van der Waals surface area (Å²) in [6.45, 7) is 2.61. The lowest BCUT2D eigenvalue weighted by molar-refractivity contribution is -0.387. The number of rotatable bonds is 10. The zero-order valence-electron chi connectivity index (χ0n) is 16.3. The molecule has 0 radical (unpaired) electrons. The first-order valence-corrected chi connectivity index (χ1v) is 10.1. The number of carbonyl (C=O) groups is 2. The first-order chi connectivity index (χ1) is 14.0. The number of benzene rings is 2. The van der Waals surface area contributed by atoms with E-state index in [1.165, 1.54) is 25.3 Å². The van der Waals surface area contributed by atoms with Gasteiger partial charge < -0.3 is 15.4 Å². The number of anilines is 1. The summed E-state index contributed by atoms with van der Waals surface area (Å²) in [6.07, 6.45) is 1.85. The highest BCUT2D eigenvalue weighted by molar-refractivity contribution is 8.00. The fourth-order valence-electron chi connectivity index (χ4n) is 2.46. The van der Waals surface area contributed by atoms with Crippen LogP contribution in [-0.2, 0) is 4.79 Å². The van der Waals surface area contributed by atoms with Crippen molar-refractivity contribution in [3.8, 4) is 5.75 Å². The lowest BCUT2D eigenvalue weighted by Crippen LogP contribution is -2.26. The Labute approximate surface area is 173 Å². The van der Waals surface area contributed by atoms with Crippen LogP contribution in [0.15, 0.2) is 47.4 Å². The molecule has 2 aromatic carbocycles. The molecule has 0 aliphatic heterocycles. The first-order valence-electron chi connectivity index (χ1n) is 9.08. The highest BCUT2D eigenvalue weighted by Crippen LogP contribution is 2.31. The summed E-state index contributed by atoms with van der Waals surface area (Å²) in [5, 5.41) is 16.9. The highest BCUT2D eigenvalue weighted by atomic mass is 32.2. The van der Waals surface area contributed by atoms with Gasteiger partial charge in [0.05, 0.1) is 28.4 Å². The van der Waals surface area contributed by atoms with E-state index in [-0.39, 0.29) is 22.9 Å². The Morgan fingerprint density at radius 1 is 1.21 bits per heavy atom. The van der Waals surface area contributed by atoms with Crippen LogP contribution >= 0.6 is 11.8 Å². The van der Waals surface area contributed by atoms with Gasteiger partial charge in [-0.25, -0.2) is 0 Å². The summed E-state index contributed by atoms with van der Waals surface area (Å²) >= 11 is 1.07. The molecule has 0 aliphatic carbocycles. The number of nitrogens with zero attached hydrogens (tertiary/aromatic N) is 1. The molecule has 0 aromatic heterocycles. The van der Waals surface area contributed by atoms with Gasteiger partial charge in [0.2, 0.25) is 5.91 Å². The third kappa shape index (κ3) is 6.49. The van der Waals surface area contributed by atoms with Gasteiger partial charge in [0.1, 0.15) is 5.75 Å². The minimum Gasteiger partial charge on any atom is -0.495 e. The Balaban J connectivity index is 2.11. The molecule has 0 heterocycles. The summed E-state index contributed by atoms with van der Waals surface area (Å²) in [7, 11) is 1.49. The SMILES string of the molecule is CCCCNC(=O)CSc1ccc(C(=O)Nc2ccccc2OC)cc1[N+](=O)[O-]. The van der Waals surface area contributed by atoms with Gasteiger partial charge in [-0.2, -0.15) is 0 Å². The van der Waals surface area contributed by atoms with Gasteiger partial charge >= 0.3 is 0 Å². The topological polar surface area (TPSA) is 111 Å². The minimum absolute atomic E-state index is 0.0668. The van der Waals surface area contributed by atoms with Crippen molar-refractivity contribution in [3.63, 3.8) is 0 Å². The van der Waals surface area contributed by atoms with E-state index in [1.54, 1.807) is 24.3 Å². The molecule has 0 saturated carbocycles. The van der Waals surface area contributed by atoms with E-state index in [0.717, 1.165) is 24.6 Å². The Kier molecular flexibility index (Phi) is 8.47. The number of nitro groups is 1. The fourth-order valence-corrected chi connectivity index (χ4v) is 3.30. The Bertz CT molecular complexity index is 888. The number of amides is 2. The molecule has 0 spiro atoms. The van der Waals surface area contributed by atoms with Gasteiger partial charge in [-0.1, -0.05) is 25.5 Å². The minimum atomic E-state index is -0.558. The van der Waals surface area contributed by atoms with Crippen molar-refractivity contribution < 1.29 is 19.2 Å². The molecule has 29 heavy (non-hydrogen) atoms. The van der Waals surface area contributed by atoms with E-state index in [9.17, 15) is 19.7 Å². The maximum atomic E-state index is 12.5. The molecule has 2 aromatic rings. The van der Waals surface area contributed by atoms with Crippen LogP contribution in [0, 0.1) is 10.1 Å². The molecule has 2 rings (SSSR count). The van der Waals surface area contributed by atoms with E-state index in [2.05, 4.69) is 10.6 Å². The van der Waals surface area contributed by atoms with Crippen molar-refractivity contribution >= 4 is 35.0 Å².